The molecule has 1 saturated heterocycles. The van der Waals surface area contributed by atoms with E-state index in [-0.39, 0.29) is 39.4 Å². The Balaban J connectivity index is 1.47. The molecule has 0 saturated carbocycles. The molecule has 0 radical (unpaired) electrons. The van der Waals surface area contributed by atoms with Crippen molar-refractivity contribution in [2.24, 2.45) is 0 Å². The van der Waals surface area contributed by atoms with Crippen LogP contribution in [0.2, 0.25) is 5.02 Å². The fraction of sp³-hybridized carbons (Fsp3) is 0.519. The molecule has 2 atom stereocenters. The summed E-state index contributed by atoms with van der Waals surface area (Å²) in [6.07, 6.45) is -2.83. The number of benzene rings is 1. The summed E-state index contributed by atoms with van der Waals surface area (Å²) >= 11 is 9.26. The van der Waals surface area contributed by atoms with Crippen LogP contribution in [-0.4, -0.2) is 54.3 Å². The molecule has 42 heavy (non-hydrogen) atoms. The molecule has 1 spiro atoms. The Morgan fingerprint density at radius 3 is 2.57 bits per heavy atom. The minimum absolute atomic E-state index is 0.0193. The van der Waals surface area contributed by atoms with Gasteiger partial charge in [-0.1, -0.05) is 11.6 Å². The Bertz CT molecular complexity index is 1650. The predicted molar refractivity (Wildman–Crippen MR) is 152 cm³/mol. The molecule has 15 heteroatoms. The van der Waals surface area contributed by atoms with Crippen molar-refractivity contribution in [2.75, 3.05) is 11.9 Å². The highest BCUT2D eigenvalue weighted by Crippen LogP contribution is 2.47. The SMILES string of the molecule is C[C@H]1C[C@]2(CCc3c2c(=O)n2nc(Br)nc2n3CC(=O)Nc2ccc(C(F)(F)F)cc2Cl)CCN1C(=O)OC(C)(C)C. The number of nitrogens with one attached hydrogen (secondary N) is 1. The Morgan fingerprint density at radius 2 is 1.95 bits per heavy atom. The number of piperidine rings is 1. The first-order chi connectivity index (χ1) is 19.5. The average molecular weight is 674 g/mol. The summed E-state index contributed by atoms with van der Waals surface area (Å²) in [4.78, 5) is 45.8. The van der Waals surface area contributed by atoms with E-state index in [0.29, 0.717) is 43.5 Å². The zero-order valence-corrected chi connectivity index (χ0v) is 25.7. The number of carbonyl (C=O) groups is 2. The maximum Gasteiger partial charge on any atom is 0.416 e. The monoisotopic (exact) mass is 672 g/mol. The van der Waals surface area contributed by atoms with Gasteiger partial charge in [0.2, 0.25) is 16.4 Å². The summed E-state index contributed by atoms with van der Waals surface area (Å²) in [6.45, 7) is 7.44. The fourth-order valence-electron chi connectivity index (χ4n) is 6.02. The van der Waals surface area contributed by atoms with Crippen LogP contribution >= 0.6 is 27.5 Å². The van der Waals surface area contributed by atoms with E-state index in [1.807, 2.05) is 6.92 Å². The lowest BCUT2D eigenvalue weighted by atomic mass is 9.72. The van der Waals surface area contributed by atoms with E-state index in [0.717, 1.165) is 22.7 Å². The number of hydrogen-bond donors (Lipinski definition) is 1. The molecule has 2 aliphatic rings. The van der Waals surface area contributed by atoms with Gasteiger partial charge in [0.15, 0.2) is 0 Å². The van der Waals surface area contributed by atoms with Crippen LogP contribution < -0.4 is 10.9 Å². The third-order valence-electron chi connectivity index (χ3n) is 7.75. The standard InChI is InChI=1S/C27H29BrClF3N6O4/c1-14-12-26(9-10-36(14)24(41)42-25(2,3)4)8-7-18-20(26)21(40)38-23(34-22(28)35-38)37(18)13-19(39)33-17-6-5-15(11-16(17)29)27(30,31)32/h5-6,11,14H,7-10,12-13H2,1-4H3,(H,33,39)/t14-,26-/m0/s1. The maximum atomic E-state index is 13.8. The molecule has 3 aromatic rings. The number of alkyl halides is 3. The van der Waals surface area contributed by atoms with E-state index in [4.69, 9.17) is 16.3 Å². The molecule has 1 aromatic carbocycles. The number of likely N-dealkylation sites (tertiary alicyclic amines) is 1. The van der Waals surface area contributed by atoms with Crippen LogP contribution in [0.15, 0.2) is 27.7 Å². The van der Waals surface area contributed by atoms with Crippen molar-refractivity contribution in [1.29, 1.82) is 0 Å². The molecular formula is C27H29BrClF3N6O4. The van der Waals surface area contributed by atoms with Gasteiger partial charge in [0.05, 0.1) is 16.3 Å². The molecule has 0 bridgehead atoms. The first-order valence-corrected chi connectivity index (χ1v) is 14.5. The molecular weight excluding hydrogens is 645 g/mol. The van der Waals surface area contributed by atoms with Crippen molar-refractivity contribution in [1.82, 2.24) is 24.1 Å². The second kappa shape index (κ2) is 10.5. The van der Waals surface area contributed by atoms with Crippen LogP contribution in [0.5, 0.6) is 0 Å². The Hall–Kier alpha value is -3.13. The van der Waals surface area contributed by atoms with Gasteiger partial charge in [-0.3, -0.25) is 9.59 Å². The van der Waals surface area contributed by atoms with Crippen molar-refractivity contribution in [3.63, 3.8) is 0 Å². The van der Waals surface area contributed by atoms with Crippen LogP contribution in [0.4, 0.5) is 23.7 Å². The van der Waals surface area contributed by atoms with Crippen molar-refractivity contribution >= 4 is 51.0 Å². The van der Waals surface area contributed by atoms with E-state index >= 15 is 0 Å². The molecule has 2 amide bonds. The maximum absolute atomic E-state index is 13.8. The molecule has 3 heterocycles. The molecule has 1 N–H and O–H groups in total. The highest BCUT2D eigenvalue weighted by molar-refractivity contribution is 9.10. The van der Waals surface area contributed by atoms with E-state index < -0.39 is 34.8 Å². The largest absolute Gasteiger partial charge is 0.444 e. The molecule has 226 valence electrons. The van der Waals surface area contributed by atoms with Gasteiger partial charge in [-0.05, 0) is 87.5 Å². The van der Waals surface area contributed by atoms with Crippen molar-refractivity contribution in [3.8, 4) is 0 Å². The summed E-state index contributed by atoms with van der Waals surface area (Å²) in [5.41, 5.74) is -1.27. The van der Waals surface area contributed by atoms with Gasteiger partial charge in [-0.15, -0.1) is 5.10 Å². The zero-order valence-electron chi connectivity index (χ0n) is 23.3. The normalized spacial score (nSPS) is 20.7. The first-order valence-electron chi connectivity index (χ1n) is 13.3. The number of halogens is 5. The van der Waals surface area contributed by atoms with Gasteiger partial charge in [-0.2, -0.15) is 22.7 Å². The molecule has 5 rings (SSSR count). The lowest BCUT2D eigenvalue weighted by Crippen LogP contribution is -2.52. The van der Waals surface area contributed by atoms with Gasteiger partial charge >= 0.3 is 12.3 Å². The quantitative estimate of drug-likeness (QED) is 0.390. The Kier molecular flexibility index (Phi) is 7.62. The summed E-state index contributed by atoms with van der Waals surface area (Å²) in [6, 6.07) is 2.46. The third-order valence-corrected chi connectivity index (χ3v) is 8.40. The van der Waals surface area contributed by atoms with Crippen molar-refractivity contribution < 1.29 is 27.5 Å². The minimum Gasteiger partial charge on any atom is -0.444 e. The van der Waals surface area contributed by atoms with E-state index in [1.54, 1.807) is 30.2 Å². The van der Waals surface area contributed by atoms with Gasteiger partial charge in [0.25, 0.3) is 5.56 Å². The fourth-order valence-corrected chi connectivity index (χ4v) is 6.57. The van der Waals surface area contributed by atoms with Crippen molar-refractivity contribution in [2.45, 2.75) is 83.2 Å². The number of ether oxygens (including phenoxy) is 1. The van der Waals surface area contributed by atoms with Crippen LogP contribution in [0, 0.1) is 0 Å². The highest BCUT2D eigenvalue weighted by Gasteiger charge is 2.48. The number of carbonyl (C=O) groups excluding carboxylic acids is 2. The summed E-state index contributed by atoms with van der Waals surface area (Å²) < 4.78 is 47.6. The second-order valence-electron chi connectivity index (χ2n) is 11.8. The highest BCUT2D eigenvalue weighted by atomic mass is 79.9. The predicted octanol–water partition coefficient (Wildman–Crippen LogP) is 5.57. The average Bonchev–Trinajstić information content (AvgIpc) is 3.42. The molecule has 10 nitrogen and oxygen atoms in total. The number of anilines is 1. The number of nitrogens with zero attached hydrogens (tertiary/aromatic N) is 5. The lowest BCUT2D eigenvalue weighted by Gasteiger charge is -2.44. The summed E-state index contributed by atoms with van der Waals surface area (Å²) in [5.74, 6) is -0.423. The van der Waals surface area contributed by atoms with E-state index in [1.165, 1.54) is 0 Å². The number of hydrogen-bond acceptors (Lipinski definition) is 6. The van der Waals surface area contributed by atoms with Gasteiger partial charge < -0.3 is 19.5 Å². The summed E-state index contributed by atoms with van der Waals surface area (Å²) in [7, 11) is 0. The number of fused-ring (bicyclic) bond motifs is 3. The Morgan fingerprint density at radius 1 is 1.24 bits per heavy atom. The van der Waals surface area contributed by atoms with Gasteiger partial charge in [-0.25, -0.2) is 4.79 Å². The summed E-state index contributed by atoms with van der Waals surface area (Å²) in [5, 5.41) is 6.52. The lowest BCUT2D eigenvalue weighted by molar-refractivity contribution is -0.137. The molecule has 1 aliphatic heterocycles. The van der Waals surface area contributed by atoms with Crippen LogP contribution in [0.25, 0.3) is 5.78 Å². The van der Waals surface area contributed by atoms with Crippen LogP contribution in [0.1, 0.15) is 63.8 Å². The number of amides is 2. The van der Waals surface area contributed by atoms with Gasteiger partial charge in [0.1, 0.15) is 12.1 Å². The van der Waals surface area contributed by atoms with E-state index in [9.17, 15) is 27.6 Å². The third kappa shape index (κ3) is 5.62. The molecule has 0 unspecified atom stereocenters. The second-order valence-corrected chi connectivity index (χ2v) is 12.9. The topological polar surface area (TPSA) is 111 Å². The molecule has 1 aliphatic carbocycles. The van der Waals surface area contributed by atoms with Crippen LogP contribution in [-0.2, 0) is 34.1 Å². The smallest absolute Gasteiger partial charge is 0.416 e. The van der Waals surface area contributed by atoms with Crippen LogP contribution in [0.3, 0.4) is 0 Å². The Labute approximate surface area is 252 Å². The van der Waals surface area contributed by atoms with E-state index in [2.05, 4.69) is 31.3 Å². The number of aromatic nitrogens is 4. The van der Waals surface area contributed by atoms with Crippen molar-refractivity contribution in [3.05, 3.63) is 55.1 Å². The zero-order chi connectivity index (χ0) is 30.8. The molecule has 2 aromatic heterocycles. The number of rotatable bonds is 3. The van der Waals surface area contributed by atoms with Gasteiger partial charge in [0, 0.05) is 29.3 Å². The minimum atomic E-state index is -4.58. The molecule has 1 fully saturated rings. The first kappa shape index (κ1) is 30.3.